The van der Waals surface area contributed by atoms with E-state index in [9.17, 15) is 4.79 Å². The van der Waals surface area contributed by atoms with Gasteiger partial charge in [-0.1, -0.05) is 37.8 Å². The minimum atomic E-state index is -0.566. The molecule has 2 aliphatic carbocycles. The zero-order valence-corrected chi connectivity index (χ0v) is 17.0. The standard InChI is InChI=1S/C25H25NO4/c1-3-10-28-16-9-8-15-11-18-23-19(13-25(23,2)17(15)12-16)26(18)24(27)22-14-29-20-6-4-5-7-21(20)30-22/h3-9,12,18-19,22-23H,1,10-11,13-14H2,2H3/t18-,19?,22+,23-,25+/m1/s1. The lowest BCUT2D eigenvalue weighted by molar-refractivity contribution is -0.201. The largest absolute Gasteiger partial charge is 0.490 e. The molecular formula is C25H25NO4. The maximum atomic E-state index is 13.4. The number of hydrogen-bond acceptors (Lipinski definition) is 4. The van der Waals surface area contributed by atoms with Gasteiger partial charge in [-0.15, -0.1) is 0 Å². The number of rotatable bonds is 4. The number of nitrogens with zero attached hydrogens (tertiary/aromatic N) is 1. The molecule has 1 amide bonds. The van der Waals surface area contributed by atoms with Crippen molar-refractivity contribution in [3.05, 3.63) is 66.2 Å². The summed E-state index contributed by atoms with van der Waals surface area (Å²) in [5, 5.41) is 0. The summed E-state index contributed by atoms with van der Waals surface area (Å²) in [7, 11) is 0. The quantitative estimate of drug-likeness (QED) is 0.733. The van der Waals surface area contributed by atoms with Crippen LogP contribution in [0.1, 0.15) is 24.5 Å². The van der Waals surface area contributed by atoms with Crippen molar-refractivity contribution < 1.29 is 19.0 Å². The van der Waals surface area contributed by atoms with Crippen LogP contribution in [0.4, 0.5) is 0 Å². The van der Waals surface area contributed by atoms with Crippen molar-refractivity contribution in [2.75, 3.05) is 13.2 Å². The van der Waals surface area contributed by atoms with E-state index in [-0.39, 0.29) is 24.0 Å². The highest BCUT2D eigenvalue weighted by Crippen LogP contribution is 2.64. The molecule has 5 atom stereocenters. The first-order valence-corrected chi connectivity index (χ1v) is 10.7. The third-order valence-corrected chi connectivity index (χ3v) is 7.44. The Morgan fingerprint density at radius 3 is 2.93 bits per heavy atom. The number of amides is 1. The minimum Gasteiger partial charge on any atom is -0.490 e. The van der Waals surface area contributed by atoms with E-state index in [0.29, 0.717) is 30.1 Å². The molecule has 30 heavy (non-hydrogen) atoms. The highest BCUT2D eigenvalue weighted by atomic mass is 16.6. The van der Waals surface area contributed by atoms with Crippen LogP contribution in [0.3, 0.4) is 0 Å². The fraction of sp³-hybridized carbons (Fsp3) is 0.400. The zero-order chi connectivity index (χ0) is 20.5. The smallest absolute Gasteiger partial charge is 0.267 e. The molecule has 5 nitrogen and oxygen atoms in total. The summed E-state index contributed by atoms with van der Waals surface area (Å²) < 4.78 is 17.6. The van der Waals surface area contributed by atoms with E-state index in [0.717, 1.165) is 18.6 Å². The predicted molar refractivity (Wildman–Crippen MR) is 112 cm³/mol. The molecular weight excluding hydrogens is 378 g/mol. The Kier molecular flexibility index (Phi) is 3.74. The second kappa shape index (κ2) is 6.27. The van der Waals surface area contributed by atoms with Gasteiger partial charge in [-0.05, 0) is 48.2 Å². The number of piperidine rings is 1. The van der Waals surface area contributed by atoms with E-state index in [1.807, 2.05) is 30.3 Å². The van der Waals surface area contributed by atoms with Gasteiger partial charge >= 0.3 is 0 Å². The number of benzene rings is 2. The molecule has 0 bridgehead atoms. The van der Waals surface area contributed by atoms with Crippen LogP contribution in [0, 0.1) is 5.92 Å². The molecule has 1 saturated carbocycles. The van der Waals surface area contributed by atoms with Gasteiger partial charge in [0.15, 0.2) is 11.5 Å². The zero-order valence-electron chi connectivity index (χ0n) is 17.0. The van der Waals surface area contributed by atoms with Crippen molar-refractivity contribution in [1.82, 2.24) is 4.90 Å². The third-order valence-electron chi connectivity index (χ3n) is 7.44. The lowest BCUT2D eigenvalue weighted by Crippen LogP contribution is -2.81. The molecule has 2 aliphatic heterocycles. The molecule has 2 heterocycles. The van der Waals surface area contributed by atoms with Crippen molar-refractivity contribution in [3.8, 4) is 17.2 Å². The molecule has 5 heteroatoms. The first-order valence-electron chi connectivity index (χ1n) is 10.7. The second-order valence-corrected chi connectivity index (χ2v) is 9.01. The number of likely N-dealkylation sites (tertiary alicyclic amines) is 1. The lowest BCUT2D eigenvalue weighted by atomic mass is 9.43. The number of hydrogen-bond donors (Lipinski definition) is 0. The first kappa shape index (κ1) is 17.9. The van der Waals surface area contributed by atoms with Gasteiger partial charge in [-0.25, -0.2) is 0 Å². The Bertz CT molecular complexity index is 1050. The van der Waals surface area contributed by atoms with Crippen LogP contribution in [0.25, 0.3) is 0 Å². The lowest BCUT2D eigenvalue weighted by Gasteiger charge is -2.73. The van der Waals surface area contributed by atoms with Gasteiger partial charge < -0.3 is 19.1 Å². The minimum absolute atomic E-state index is 0.0622. The number of carbonyl (C=O) groups is 1. The van der Waals surface area contributed by atoms with Crippen molar-refractivity contribution in [3.63, 3.8) is 0 Å². The molecule has 2 aromatic carbocycles. The predicted octanol–water partition coefficient (Wildman–Crippen LogP) is 3.50. The van der Waals surface area contributed by atoms with E-state index in [4.69, 9.17) is 14.2 Å². The molecule has 0 spiro atoms. The summed E-state index contributed by atoms with van der Waals surface area (Å²) in [5.41, 5.74) is 2.83. The summed E-state index contributed by atoms with van der Waals surface area (Å²) in [5.74, 6) is 2.84. The molecule has 154 valence electrons. The second-order valence-electron chi connectivity index (χ2n) is 9.01. The summed E-state index contributed by atoms with van der Waals surface area (Å²) in [6, 6.07) is 14.5. The fourth-order valence-corrected chi connectivity index (χ4v) is 6.12. The van der Waals surface area contributed by atoms with Crippen molar-refractivity contribution in [1.29, 1.82) is 0 Å². The number of carbonyl (C=O) groups excluding carboxylic acids is 1. The van der Waals surface area contributed by atoms with Gasteiger partial charge in [-0.3, -0.25) is 4.79 Å². The highest BCUT2D eigenvalue weighted by molar-refractivity contribution is 5.84. The van der Waals surface area contributed by atoms with Gasteiger partial charge in [0, 0.05) is 23.4 Å². The first-order chi connectivity index (χ1) is 14.6. The van der Waals surface area contributed by atoms with E-state index in [1.165, 1.54) is 11.1 Å². The fourth-order valence-electron chi connectivity index (χ4n) is 6.12. The maximum absolute atomic E-state index is 13.4. The Balaban J connectivity index is 1.24. The van der Waals surface area contributed by atoms with E-state index in [1.54, 1.807) is 6.08 Å². The van der Waals surface area contributed by atoms with Gasteiger partial charge in [0.1, 0.15) is 19.0 Å². The van der Waals surface area contributed by atoms with Crippen LogP contribution in [0.15, 0.2) is 55.1 Å². The molecule has 4 aliphatic rings. The molecule has 0 aromatic heterocycles. The van der Waals surface area contributed by atoms with Crippen LogP contribution < -0.4 is 14.2 Å². The molecule has 1 saturated heterocycles. The Morgan fingerprint density at radius 1 is 1.27 bits per heavy atom. The molecule has 0 N–H and O–H groups in total. The number of ether oxygens (including phenoxy) is 3. The van der Waals surface area contributed by atoms with Crippen LogP contribution in [0.5, 0.6) is 17.2 Å². The Morgan fingerprint density at radius 2 is 2.10 bits per heavy atom. The Labute approximate surface area is 176 Å². The maximum Gasteiger partial charge on any atom is 0.267 e. The SMILES string of the molecule is C=CCOc1ccc2c(c1)[C@]1(C)CC3[C@H]1[C@@H](C2)N3C(=O)[C@@H]1COc2ccccc2O1. The normalized spacial score (nSPS) is 32.1. The summed E-state index contributed by atoms with van der Waals surface area (Å²) in [6.45, 7) is 6.85. The molecule has 1 unspecified atom stereocenters. The van der Waals surface area contributed by atoms with Crippen LogP contribution >= 0.6 is 0 Å². The van der Waals surface area contributed by atoms with Crippen LogP contribution in [0.2, 0.25) is 0 Å². The summed E-state index contributed by atoms with van der Waals surface area (Å²) >= 11 is 0. The van der Waals surface area contributed by atoms with Crippen LogP contribution in [-0.2, 0) is 16.6 Å². The van der Waals surface area contributed by atoms with Crippen molar-refractivity contribution in [2.24, 2.45) is 5.92 Å². The molecule has 2 fully saturated rings. The average molecular weight is 403 g/mol. The summed E-state index contributed by atoms with van der Waals surface area (Å²) in [4.78, 5) is 15.4. The van der Waals surface area contributed by atoms with Crippen LogP contribution in [-0.4, -0.2) is 42.2 Å². The van der Waals surface area contributed by atoms with Crippen molar-refractivity contribution >= 4 is 5.91 Å². The van der Waals surface area contributed by atoms with Gasteiger partial charge in [0.05, 0.1) is 0 Å². The highest BCUT2D eigenvalue weighted by Gasteiger charge is 2.69. The Hall–Kier alpha value is -2.95. The average Bonchev–Trinajstić information content (AvgIpc) is 2.75. The van der Waals surface area contributed by atoms with Gasteiger partial charge in [0.25, 0.3) is 5.91 Å². The van der Waals surface area contributed by atoms with E-state index < -0.39 is 6.10 Å². The van der Waals surface area contributed by atoms with Gasteiger partial charge in [0.2, 0.25) is 6.10 Å². The number of fused-ring (bicyclic) bond motifs is 3. The van der Waals surface area contributed by atoms with Crippen molar-refractivity contribution in [2.45, 2.75) is 43.4 Å². The van der Waals surface area contributed by atoms with E-state index in [2.05, 4.69) is 30.5 Å². The topological polar surface area (TPSA) is 48.0 Å². The van der Waals surface area contributed by atoms with Gasteiger partial charge in [-0.2, -0.15) is 0 Å². The van der Waals surface area contributed by atoms with E-state index >= 15 is 0 Å². The molecule has 2 aromatic rings. The molecule has 6 rings (SSSR count). The summed E-state index contributed by atoms with van der Waals surface area (Å²) in [6.07, 6.45) is 3.08. The molecule has 0 radical (unpaired) electrons. The number of para-hydroxylation sites is 2. The monoisotopic (exact) mass is 403 g/mol. The third kappa shape index (κ3) is 2.32.